The van der Waals surface area contributed by atoms with Crippen LogP contribution in [0.4, 0.5) is 0 Å². The first-order chi connectivity index (χ1) is 12.1. The molecule has 0 aromatic carbocycles. The van der Waals surface area contributed by atoms with Gasteiger partial charge in [-0.2, -0.15) is 0 Å². The molecule has 0 aromatic heterocycles. The molecule has 0 aliphatic heterocycles. The molecule has 0 unspecified atom stereocenters. The van der Waals surface area contributed by atoms with Gasteiger partial charge in [-0.1, -0.05) is 45.1 Å². The zero-order chi connectivity index (χ0) is 19.8. The van der Waals surface area contributed by atoms with E-state index in [0.29, 0.717) is 19.1 Å². The van der Waals surface area contributed by atoms with Crippen LogP contribution in [-0.4, -0.2) is 59.9 Å². The maximum atomic E-state index is 10.6. The van der Waals surface area contributed by atoms with Crippen LogP contribution < -0.4 is 0 Å². The molecular formula is C20H38O5Si. The maximum absolute atomic E-state index is 10.6. The Morgan fingerprint density at radius 3 is 2.46 bits per heavy atom. The van der Waals surface area contributed by atoms with E-state index in [1.165, 1.54) is 0 Å². The second-order valence-corrected chi connectivity index (χ2v) is 13.3. The summed E-state index contributed by atoms with van der Waals surface area (Å²) in [5, 5.41) is 10.8. The van der Waals surface area contributed by atoms with Crippen molar-refractivity contribution in [3.8, 4) is 0 Å². The molecule has 1 N–H and O–H groups in total. The molecule has 0 spiro atoms. The number of ether oxygens (including phenoxy) is 3. The van der Waals surface area contributed by atoms with Gasteiger partial charge in [-0.3, -0.25) is 0 Å². The van der Waals surface area contributed by atoms with Crippen LogP contribution in [-0.2, 0) is 18.6 Å². The molecule has 6 heteroatoms. The smallest absolute Gasteiger partial charge is 0.192 e. The second kappa shape index (κ2) is 10.7. The summed E-state index contributed by atoms with van der Waals surface area (Å²) in [6, 6.07) is 0. The zero-order valence-electron chi connectivity index (χ0n) is 17.5. The van der Waals surface area contributed by atoms with Crippen LogP contribution in [0.15, 0.2) is 24.3 Å². The minimum absolute atomic E-state index is 0.0950. The minimum Gasteiger partial charge on any atom is -0.413 e. The Balaban J connectivity index is 2.64. The molecule has 0 amide bonds. The lowest BCUT2D eigenvalue weighted by atomic mass is 9.83. The topological polar surface area (TPSA) is 57.2 Å². The van der Waals surface area contributed by atoms with Crippen molar-refractivity contribution >= 4 is 8.32 Å². The molecule has 1 rings (SSSR count). The first-order valence-corrected chi connectivity index (χ1v) is 12.3. The van der Waals surface area contributed by atoms with E-state index in [0.717, 1.165) is 6.42 Å². The third kappa shape index (κ3) is 7.25. The van der Waals surface area contributed by atoms with Crippen molar-refractivity contribution in [2.75, 3.05) is 34.2 Å². The number of rotatable bonds is 10. The summed E-state index contributed by atoms with van der Waals surface area (Å²) in [5.41, 5.74) is 0. The summed E-state index contributed by atoms with van der Waals surface area (Å²) in [4.78, 5) is 0. The molecular weight excluding hydrogens is 348 g/mol. The number of methoxy groups -OCH3 is 2. The summed E-state index contributed by atoms with van der Waals surface area (Å²) in [6.07, 6.45) is 8.00. The van der Waals surface area contributed by atoms with E-state index in [9.17, 15) is 5.11 Å². The van der Waals surface area contributed by atoms with Crippen molar-refractivity contribution in [2.45, 2.75) is 57.5 Å². The summed E-state index contributed by atoms with van der Waals surface area (Å²) in [5.74, 6) is 0.207. The fourth-order valence-electron chi connectivity index (χ4n) is 2.75. The quantitative estimate of drug-likeness (QED) is 0.352. The molecule has 1 aliphatic carbocycles. The Bertz CT molecular complexity index is 456. The first-order valence-electron chi connectivity index (χ1n) is 9.39. The van der Waals surface area contributed by atoms with Crippen molar-refractivity contribution < 1.29 is 23.7 Å². The highest BCUT2D eigenvalue weighted by molar-refractivity contribution is 6.74. The molecule has 0 saturated carbocycles. The highest BCUT2D eigenvalue weighted by Gasteiger charge is 2.36. The van der Waals surface area contributed by atoms with Crippen LogP contribution in [0.5, 0.6) is 0 Å². The minimum atomic E-state index is -1.77. The monoisotopic (exact) mass is 386 g/mol. The Labute approximate surface area is 160 Å². The fourth-order valence-corrected chi connectivity index (χ4v) is 3.69. The number of aliphatic hydroxyl groups is 1. The van der Waals surface area contributed by atoms with E-state index < -0.39 is 14.4 Å². The lowest BCUT2D eigenvalue weighted by Crippen LogP contribution is -2.40. The van der Waals surface area contributed by atoms with Crippen LogP contribution in [0.1, 0.15) is 27.2 Å². The molecule has 0 radical (unpaired) electrons. The van der Waals surface area contributed by atoms with Gasteiger partial charge in [-0.15, -0.1) is 0 Å². The Morgan fingerprint density at radius 1 is 1.19 bits per heavy atom. The van der Waals surface area contributed by atoms with Gasteiger partial charge in [-0.05, 0) is 24.6 Å². The Morgan fingerprint density at radius 2 is 1.88 bits per heavy atom. The summed E-state index contributed by atoms with van der Waals surface area (Å²) >= 11 is 0. The predicted octanol–water partition coefficient (Wildman–Crippen LogP) is 3.75. The van der Waals surface area contributed by atoms with Gasteiger partial charge in [0.05, 0.1) is 25.4 Å². The van der Waals surface area contributed by atoms with Gasteiger partial charge in [0.25, 0.3) is 0 Å². The molecule has 0 bridgehead atoms. The van der Waals surface area contributed by atoms with Crippen molar-refractivity contribution in [1.29, 1.82) is 0 Å². The highest BCUT2D eigenvalue weighted by Crippen LogP contribution is 2.36. The average Bonchev–Trinajstić information content (AvgIpc) is 2.56. The number of hydrogen-bond acceptors (Lipinski definition) is 5. The number of aliphatic hydroxyl groups excluding tert-OH is 1. The van der Waals surface area contributed by atoms with Crippen molar-refractivity contribution in [3.05, 3.63) is 24.3 Å². The standard InChI is InChI=1S/C20H38O5Si/c1-20(2,3)26(6,7)25-12-8-9-18(21)17-11-10-16(14-22-4)13-19(17)24-15-23-5/h8-11,16-19,21H,12-15H2,1-7H3/b9-8-/t16-,17+,18-,19-/m1/s1. The van der Waals surface area contributed by atoms with Gasteiger partial charge in [0.15, 0.2) is 8.32 Å². The molecule has 5 nitrogen and oxygen atoms in total. The molecule has 26 heavy (non-hydrogen) atoms. The predicted molar refractivity (Wildman–Crippen MR) is 108 cm³/mol. The first kappa shape index (κ1) is 23.5. The maximum Gasteiger partial charge on any atom is 0.192 e. The van der Waals surface area contributed by atoms with Gasteiger partial charge in [0, 0.05) is 26.1 Å². The molecule has 4 atom stereocenters. The van der Waals surface area contributed by atoms with E-state index in [1.807, 2.05) is 18.2 Å². The van der Waals surface area contributed by atoms with Crippen LogP contribution >= 0.6 is 0 Å². The molecule has 1 aliphatic rings. The lowest BCUT2D eigenvalue weighted by molar-refractivity contribution is -0.106. The molecule has 0 aromatic rings. The number of hydrogen-bond donors (Lipinski definition) is 1. The van der Waals surface area contributed by atoms with Gasteiger partial charge in [0.2, 0.25) is 0 Å². The van der Waals surface area contributed by atoms with Crippen LogP contribution in [0.3, 0.4) is 0 Å². The van der Waals surface area contributed by atoms with E-state index >= 15 is 0 Å². The van der Waals surface area contributed by atoms with Crippen LogP contribution in [0, 0.1) is 11.8 Å². The van der Waals surface area contributed by atoms with Crippen LogP contribution in [0.2, 0.25) is 18.1 Å². The molecule has 0 heterocycles. The third-order valence-electron chi connectivity index (χ3n) is 5.42. The summed E-state index contributed by atoms with van der Waals surface area (Å²) in [6.45, 7) is 12.5. The largest absolute Gasteiger partial charge is 0.413 e. The average molecular weight is 387 g/mol. The van der Waals surface area contributed by atoms with Crippen molar-refractivity contribution in [2.24, 2.45) is 11.8 Å². The van der Waals surface area contributed by atoms with Crippen molar-refractivity contribution in [3.63, 3.8) is 0 Å². The molecule has 0 saturated heterocycles. The Kier molecular flexibility index (Phi) is 9.72. The summed E-state index contributed by atoms with van der Waals surface area (Å²) < 4.78 is 22.2. The van der Waals surface area contributed by atoms with Gasteiger partial charge < -0.3 is 23.7 Å². The SMILES string of the molecule is COCO[C@@H]1C[C@H](COC)C=C[C@H]1[C@H](O)/C=C\CO[Si](C)(C)C(C)(C)C. The van der Waals surface area contributed by atoms with Gasteiger partial charge in [0.1, 0.15) is 6.79 Å². The molecule has 152 valence electrons. The Hall–Kier alpha value is -0.503. The van der Waals surface area contributed by atoms with Gasteiger partial charge >= 0.3 is 0 Å². The lowest BCUT2D eigenvalue weighted by Gasteiger charge is -2.36. The van der Waals surface area contributed by atoms with E-state index in [4.69, 9.17) is 18.6 Å². The van der Waals surface area contributed by atoms with Gasteiger partial charge in [-0.25, -0.2) is 0 Å². The molecule has 0 fully saturated rings. The van der Waals surface area contributed by atoms with E-state index in [1.54, 1.807) is 14.2 Å². The van der Waals surface area contributed by atoms with Crippen molar-refractivity contribution in [1.82, 2.24) is 0 Å². The van der Waals surface area contributed by atoms with E-state index in [-0.39, 0.29) is 23.9 Å². The normalized spacial score (nSPS) is 25.8. The highest BCUT2D eigenvalue weighted by atomic mass is 28.4. The van der Waals surface area contributed by atoms with E-state index in [2.05, 4.69) is 39.9 Å². The van der Waals surface area contributed by atoms with Crippen LogP contribution in [0.25, 0.3) is 0 Å². The zero-order valence-corrected chi connectivity index (χ0v) is 18.5. The fraction of sp³-hybridized carbons (Fsp3) is 0.800. The third-order valence-corrected chi connectivity index (χ3v) is 9.93. The second-order valence-electron chi connectivity index (χ2n) is 8.52. The summed E-state index contributed by atoms with van der Waals surface area (Å²) in [7, 11) is 1.54.